The highest BCUT2D eigenvalue weighted by atomic mass is 16.5. The molecule has 0 aromatic heterocycles. The minimum Gasteiger partial charge on any atom is -0.462 e. The van der Waals surface area contributed by atoms with Gasteiger partial charge in [0.2, 0.25) is 0 Å². The first-order valence-electron chi connectivity index (χ1n) is 12.5. The SMILES string of the molecule is CC(=O)OC1CC(CCCCO)[C@H]2[C@@H]3CCC4CC(=O)CC(C)[C@]4(C)[C@@H]3CC[C@]12C. The molecule has 0 bridgehead atoms. The highest BCUT2D eigenvalue weighted by Crippen LogP contribution is 2.68. The summed E-state index contributed by atoms with van der Waals surface area (Å²) in [4.78, 5) is 24.2. The summed E-state index contributed by atoms with van der Waals surface area (Å²) in [5, 5.41) is 9.30. The van der Waals surface area contributed by atoms with E-state index in [0.29, 0.717) is 41.3 Å². The number of Topliss-reactive ketones (excluding diaryl/α,β-unsaturated/α-hetero) is 1. The molecular formula is C26H42O4. The summed E-state index contributed by atoms with van der Waals surface area (Å²) in [5.41, 5.74) is 0.348. The molecule has 0 spiro atoms. The zero-order valence-electron chi connectivity index (χ0n) is 19.5. The van der Waals surface area contributed by atoms with Crippen LogP contribution >= 0.6 is 0 Å². The molecule has 170 valence electrons. The molecule has 4 aliphatic rings. The predicted molar refractivity (Wildman–Crippen MR) is 117 cm³/mol. The lowest BCUT2D eigenvalue weighted by molar-refractivity contribution is -0.169. The first kappa shape index (κ1) is 22.3. The van der Waals surface area contributed by atoms with E-state index in [4.69, 9.17) is 4.74 Å². The van der Waals surface area contributed by atoms with E-state index in [0.717, 1.165) is 44.9 Å². The topological polar surface area (TPSA) is 63.6 Å². The first-order chi connectivity index (χ1) is 14.2. The van der Waals surface area contributed by atoms with Crippen LogP contribution in [0.4, 0.5) is 0 Å². The molecule has 0 aromatic rings. The number of aliphatic hydroxyl groups is 1. The average molecular weight is 419 g/mol. The Morgan fingerprint density at radius 3 is 2.63 bits per heavy atom. The van der Waals surface area contributed by atoms with Crippen LogP contribution < -0.4 is 0 Å². The van der Waals surface area contributed by atoms with Gasteiger partial charge in [-0.3, -0.25) is 9.59 Å². The van der Waals surface area contributed by atoms with Crippen molar-refractivity contribution in [2.24, 2.45) is 46.3 Å². The largest absolute Gasteiger partial charge is 0.462 e. The van der Waals surface area contributed by atoms with E-state index in [9.17, 15) is 14.7 Å². The van der Waals surface area contributed by atoms with Gasteiger partial charge in [0.05, 0.1) is 0 Å². The highest BCUT2D eigenvalue weighted by molar-refractivity contribution is 5.80. The fourth-order valence-electron chi connectivity index (χ4n) is 8.91. The van der Waals surface area contributed by atoms with E-state index in [-0.39, 0.29) is 29.5 Å². The number of esters is 1. The molecule has 1 N–H and O–H groups in total. The van der Waals surface area contributed by atoms with Crippen molar-refractivity contribution in [2.75, 3.05) is 6.61 Å². The van der Waals surface area contributed by atoms with Gasteiger partial charge in [0.25, 0.3) is 0 Å². The van der Waals surface area contributed by atoms with Crippen LogP contribution in [0.2, 0.25) is 0 Å². The molecule has 0 amide bonds. The van der Waals surface area contributed by atoms with Crippen LogP contribution in [0.1, 0.15) is 91.9 Å². The number of fused-ring (bicyclic) bond motifs is 5. The van der Waals surface area contributed by atoms with Gasteiger partial charge in [0.15, 0.2) is 0 Å². The number of carbonyl (C=O) groups excluding carboxylic acids is 2. The number of rotatable bonds is 5. The maximum atomic E-state index is 12.3. The lowest BCUT2D eigenvalue weighted by Gasteiger charge is -2.62. The lowest BCUT2D eigenvalue weighted by atomic mass is 9.42. The summed E-state index contributed by atoms with van der Waals surface area (Å²) >= 11 is 0. The molecule has 4 saturated carbocycles. The van der Waals surface area contributed by atoms with Gasteiger partial charge in [-0.15, -0.1) is 0 Å². The number of aliphatic hydroxyl groups excluding tert-OH is 1. The summed E-state index contributed by atoms with van der Waals surface area (Å²) < 4.78 is 5.93. The lowest BCUT2D eigenvalue weighted by Crippen LogP contribution is -2.57. The maximum absolute atomic E-state index is 12.3. The van der Waals surface area contributed by atoms with Crippen molar-refractivity contribution in [1.82, 2.24) is 0 Å². The normalized spacial score (nSPS) is 47.9. The Morgan fingerprint density at radius 1 is 1.17 bits per heavy atom. The Morgan fingerprint density at radius 2 is 1.93 bits per heavy atom. The number of hydrogen-bond acceptors (Lipinski definition) is 4. The van der Waals surface area contributed by atoms with E-state index in [2.05, 4.69) is 20.8 Å². The van der Waals surface area contributed by atoms with Crippen molar-refractivity contribution in [3.63, 3.8) is 0 Å². The summed E-state index contributed by atoms with van der Waals surface area (Å²) in [6, 6.07) is 0. The molecule has 30 heavy (non-hydrogen) atoms. The van der Waals surface area contributed by atoms with Crippen LogP contribution in [-0.2, 0) is 14.3 Å². The van der Waals surface area contributed by atoms with Gasteiger partial charge in [-0.1, -0.05) is 27.2 Å². The number of ketones is 1. The fraction of sp³-hybridized carbons (Fsp3) is 0.923. The minimum absolute atomic E-state index is 0.0379. The Labute approximate surface area is 182 Å². The predicted octanol–water partition coefficient (Wildman–Crippen LogP) is 5.16. The molecule has 4 unspecified atom stereocenters. The smallest absolute Gasteiger partial charge is 0.302 e. The molecule has 0 heterocycles. The van der Waals surface area contributed by atoms with Crippen molar-refractivity contribution in [3.8, 4) is 0 Å². The Hall–Kier alpha value is -0.900. The molecule has 0 aromatic carbocycles. The van der Waals surface area contributed by atoms with Gasteiger partial charge in [0, 0.05) is 31.8 Å². The van der Waals surface area contributed by atoms with Crippen molar-refractivity contribution < 1.29 is 19.4 Å². The average Bonchev–Trinajstić information content (AvgIpc) is 2.94. The van der Waals surface area contributed by atoms with Gasteiger partial charge < -0.3 is 9.84 Å². The summed E-state index contributed by atoms with van der Waals surface area (Å²) in [5.74, 6) is 3.91. The van der Waals surface area contributed by atoms with Crippen molar-refractivity contribution >= 4 is 11.8 Å². The fourth-order valence-corrected chi connectivity index (χ4v) is 8.91. The summed E-state index contributed by atoms with van der Waals surface area (Å²) in [6.45, 7) is 9.05. The number of carbonyl (C=O) groups is 2. The minimum atomic E-state index is -0.145. The van der Waals surface area contributed by atoms with Gasteiger partial charge in [-0.25, -0.2) is 0 Å². The van der Waals surface area contributed by atoms with E-state index in [1.54, 1.807) is 6.92 Å². The van der Waals surface area contributed by atoms with Gasteiger partial charge >= 0.3 is 5.97 Å². The quantitative estimate of drug-likeness (QED) is 0.494. The van der Waals surface area contributed by atoms with Crippen LogP contribution in [0.5, 0.6) is 0 Å². The summed E-state index contributed by atoms with van der Waals surface area (Å²) in [7, 11) is 0. The summed E-state index contributed by atoms with van der Waals surface area (Å²) in [6.07, 6.45) is 10.4. The molecule has 0 radical (unpaired) electrons. The molecule has 4 heteroatoms. The van der Waals surface area contributed by atoms with E-state index < -0.39 is 0 Å². The van der Waals surface area contributed by atoms with Crippen LogP contribution in [0.3, 0.4) is 0 Å². The Kier molecular flexibility index (Phi) is 6.11. The molecular weight excluding hydrogens is 376 g/mol. The Bertz CT molecular complexity index is 674. The van der Waals surface area contributed by atoms with E-state index >= 15 is 0 Å². The van der Waals surface area contributed by atoms with E-state index in [1.165, 1.54) is 19.3 Å². The first-order valence-corrected chi connectivity index (χ1v) is 12.5. The molecule has 4 fully saturated rings. The molecule has 0 aliphatic heterocycles. The van der Waals surface area contributed by atoms with Crippen LogP contribution in [0.15, 0.2) is 0 Å². The third-order valence-corrected chi connectivity index (χ3v) is 10.4. The molecule has 4 aliphatic carbocycles. The van der Waals surface area contributed by atoms with Crippen molar-refractivity contribution in [2.45, 2.75) is 98.0 Å². The second-order valence-electron chi connectivity index (χ2n) is 11.6. The van der Waals surface area contributed by atoms with Gasteiger partial charge in [0.1, 0.15) is 11.9 Å². The highest BCUT2D eigenvalue weighted by Gasteiger charge is 2.64. The van der Waals surface area contributed by atoms with Crippen LogP contribution in [0, 0.1) is 46.3 Å². The second-order valence-corrected chi connectivity index (χ2v) is 11.6. The number of hydrogen-bond donors (Lipinski definition) is 1. The van der Waals surface area contributed by atoms with Crippen LogP contribution in [0.25, 0.3) is 0 Å². The monoisotopic (exact) mass is 418 g/mol. The maximum Gasteiger partial charge on any atom is 0.302 e. The van der Waals surface area contributed by atoms with Crippen molar-refractivity contribution in [1.29, 1.82) is 0 Å². The standard InChI is InChI=1S/C26H42O4/c1-16-13-20(29)15-19-8-9-21-22(26(16,19)4)10-11-25(3)23(30-17(2)28)14-18(24(21)25)7-5-6-12-27/h16,18-19,21-24,27H,5-15H2,1-4H3/t16?,18?,19?,21-,22-,23?,24+,25-,26+/m1/s1. The second kappa shape index (κ2) is 8.22. The number of ether oxygens (including phenoxy) is 1. The molecule has 9 atom stereocenters. The van der Waals surface area contributed by atoms with Crippen molar-refractivity contribution in [3.05, 3.63) is 0 Å². The third kappa shape index (κ3) is 3.45. The van der Waals surface area contributed by atoms with Crippen LogP contribution in [-0.4, -0.2) is 29.6 Å². The van der Waals surface area contributed by atoms with Gasteiger partial charge in [-0.05, 0) is 85.9 Å². The molecule has 4 rings (SSSR count). The number of unbranched alkanes of at least 4 members (excludes halogenated alkanes) is 1. The zero-order valence-corrected chi connectivity index (χ0v) is 19.5. The van der Waals surface area contributed by atoms with E-state index in [1.807, 2.05) is 0 Å². The zero-order chi connectivity index (χ0) is 21.7. The molecule has 4 nitrogen and oxygen atoms in total. The van der Waals surface area contributed by atoms with Gasteiger partial charge in [-0.2, -0.15) is 0 Å². The third-order valence-electron chi connectivity index (χ3n) is 10.4. The molecule has 0 saturated heterocycles. The Balaban J connectivity index is 1.64.